The number of carboxylic acids is 1. The summed E-state index contributed by atoms with van der Waals surface area (Å²) < 4.78 is 9.63. The van der Waals surface area contributed by atoms with Crippen molar-refractivity contribution >= 4 is 22.6 Å². The van der Waals surface area contributed by atoms with E-state index in [0.29, 0.717) is 23.9 Å². The van der Waals surface area contributed by atoms with Crippen LogP contribution in [0.5, 0.6) is 5.75 Å². The van der Waals surface area contributed by atoms with Gasteiger partial charge in [0.05, 0.1) is 7.11 Å². The number of ether oxygens (including phenoxy) is 1. The zero-order chi connectivity index (χ0) is 18.4. The number of carboxylic acid groups (broad SMARTS) is 1. The maximum atomic E-state index is 11.2. The van der Waals surface area contributed by atoms with Crippen LogP contribution in [0.15, 0.2) is 54.6 Å². The van der Waals surface area contributed by atoms with E-state index in [-0.39, 0.29) is 6.54 Å². The Balaban J connectivity index is 1.76. The molecule has 0 radical (unpaired) electrons. The van der Waals surface area contributed by atoms with Crippen LogP contribution in [-0.4, -0.2) is 34.1 Å². The third kappa shape index (κ3) is 4.80. The van der Waals surface area contributed by atoms with E-state index in [1.165, 1.54) is 11.5 Å². The summed E-state index contributed by atoms with van der Waals surface area (Å²) in [5, 5.41) is 9.83. The predicted octanol–water partition coefficient (Wildman–Crippen LogP) is 3.23. The fraction of sp³-hybridized carbons (Fsp3) is 0.211. The van der Waals surface area contributed by atoms with E-state index in [0.717, 1.165) is 16.9 Å². The minimum atomic E-state index is -0.898. The van der Waals surface area contributed by atoms with E-state index in [1.807, 2.05) is 54.6 Å². The van der Waals surface area contributed by atoms with Gasteiger partial charge in [-0.25, -0.2) is 4.98 Å². The Labute approximate surface area is 155 Å². The minimum Gasteiger partial charge on any atom is -0.497 e. The second kappa shape index (κ2) is 8.44. The summed E-state index contributed by atoms with van der Waals surface area (Å²) in [5.41, 5.74) is 2.07. The summed E-state index contributed by atoms with van der Waals surface area (Å²) in [4.78, 5) is 17.5. The standard InChI is InChI=1S/C19H19N3O3S/c1-25-16-9-5-8-15(10-16)11-17-20-19(26-21-17)22(13-18(23)24)12-14-6-3-2-4-7-14/h2-10H,11-13H2,1H3,(H,23,24). The van der Waals surface area contributed by atoms with E-state index in [9.17, 15) is 9.90 Å². The normalized spacial score (nSPS) is 10.5. The Morgan fingerprint density at radius 2 is 1.92 bits per heavy atom. The summed E-state index contributed by atoms with van der Waals surface area (Å²) in [7, 11) is 1.63. The maximum Gasteiger partial charge on any atom is 0.323 e. The molecule has 6 nitrogen and oxygen atoms in total. The van der Waals surface area contributed by atoms with Crippen LogP contribution in [0.1, 0.15) is 17.0 Å². The van der Waals surface area contributed by atoms with Gasteiger partial charge in [0.1, 0.15) is 18.1 Å². The number of hydrogen-bond donors (Lipinski definition) is 1. The van der Waals surface area contributed by atoms with Crippen LogP contribution in [-0.2, 0) is 17.8 Å². The molecule has 0 aliphatic carbocycles. The highest BCUT2D eigenvalue weighted by atomic mass is 32.1. The molecule has 26 heavy (non-hydrogen) atoms. The lowest BCUT2D eigenvalue weighted by Crippen LogP contribution is -2.29. The summed E-state index contributed by atoms with van der Waals surface area (Å²) in [6, 6.07) is 17.5. The van der Waals surface area contributed by atoms with Gasteiger partial charge in [-0.15, -0.1) is 0 Å². The molecule has 0 unspecified atom stereocenters. The van der Waals surface area contributed by atoms with Gasteiger partial charge in [-0.05, 0) is 23.3 Å². The number of carbonyl (C=O) groups is 1. The molecule has 7 heteroatoms. The first-order chi connectivity index (χ1) is 12.6. The zero-order valence-electron chi connectivity index (χ0n) is 14.3. The lowest BCUT2D eigenvalue weighted by Gasteiger charge is -2.19. The smallest absolute Gasteiger partial charge is 0.323 e. The predicted molar refractivity (Wildman–Crippen MR) is 101 cm³/mol. The fourth-order valence-corrected chi connectivity index (χ4v) is 3.25. The maximum absolute atomic E-state index is 11.2. The molecule has 0 aliphatic heterocycles. The molecule has 3 rings (SSSR count). The highest BCUT2D eigenvalue weighted by Crippen LogP contribution is 2.22. The van der Waals surface area contributed by atoms with Gasteiger partial charge < -0.3 is 14.7 Å². The van der Waals surface area contributed by atoms with Gasteiger partial charge in [0.2, 0.25) is 5.13 Å². The largest absolute Gasteiger partial charge is 0.497 e. The molecule has 3 aromatic rings. The Kier molecular flexibility index (Phi) is 5.80. The molecule has 134 valence electrons. The average molecular weight is 369 g/mol. The number of anilines is 1. The van der Waals surface area contributed by atoms with Crippen molar-refractivity contribution in [1.82, 2.24) is 9.36 Å². The lowest BCUT2D eigenvalue weighted by molar-refractivity contribution is -0.135. The van der Waals surface area contributed by atoms with Gasteiger partial charge in [-0.1, -0.05) is 42.5 Å². The van der Waals surface area contributed by atoms with Gasteiger partial charge >= 0.3 is 5.97 Å². The van der Waals surface area contributed by atoms with E-state index in [4.69, 9.17) is 4.74 Å². The molecular formula is C19H19N3O3S. The zero-order valence-corrected chi connectivity index (χ0v) is 15.1. The van der Waals surface area contributed by atoms with Crippen LogP contribution in [0.4, 0.5) is 5.13 Å². The van der Waals surface area contributed by atoms with E-state index in [1.54, 1.807) is 12.0 Å². The average Bonchev–Trinajstić information content (AvgIpc) is 3.10. The van der Waals surface area contributed by atoms with Crippen LogP contribution in [0, 0.1) is 0 Å². The molecule has 0 saturated heterocycles. The van der Waals surface area contributed by atoms with Gasteiger partial charge in [0, 0.05) is 24.5 Å². The molecule has 0 saturated carbocycles. The number of methoxy groups -OCH3 is 1. The number of aliphatic carboxylic acids is 1. The first-order valence-corrected chi connectivity index (χ1v) is 8.87. The van der Waals surface area contributed by atoms with Crippen molar-refractivity contribution in [2.75, 3.05) is 18.6 Å². The molecule has 0 atom stereocenters. The van der Waals surface area contributed by atoms with Gasteiger partial charge in [-0.2, -0.15) is 4.37 Å². The second-order valence-corrected chi connectivity index (χ2v) is 6.49. The first-order valence-electron chi connectivity index (χ1n) is 8.10. The number of aromatic nitrogens is 2. The van der Waals surface area contributed by atoms with Crippen LogP contribution in [0.25, 0.3) is 0 Å². The SMILES string of the molecule is COc1cccc(Cc2nsc(N(CC(=O)O)Cc3ccccc3)n2)c1. The molecule has 0 bridgehead atoms. The first kappa shape index (κ1) is 17.9. The lowest BCUT2D eigenvalue weighted by atomic mass is 10.1. The van der Waals surface area contributed by atoms with Crippen molar-refractivity contribution in [2.45, 2.75) is 13.0 Å². The molecule has 2 aromatic carbocycles. The molecule has 0 spiro atoms. The van der Waals surface area contributed by atoms with Gasteiger partial charge in [0.15, 0.2) is 0 Å². The van der Waals surface area contributed by atoms with Crippen molar-refractivity contribution in [3.8, 4) is 5.75 Å². The Hall–Kier alpha value is -2.93. The summed E-state index contributed by atoms with van der Waals surface area (Å²) in [6.07, 6.45) is 0.569. The number of rotatable bonds is 8. The number of nitrogens with zero attached hydrogens (tertiary/aromatic N) is 3. The van der Waals surface area contributed by atoms with E-state index in [2.05, 4.69) is 9.36 Å². The van der Waals surface area contributed by atoms with Crippen LogP contribution < -0.4 is 9.64 Å². The molecule has 0 aliphatic rings. The van der Waals surface area contributed by atoms with E-state index < -0.39 is 5.97 Å². The van der Waals surface area contributed by atoms with Crippen LogP contribution in [0.2, 0.25) is 0 Å². The van der Waals surface area contributed by atoms with Crippen LogP contribution in [0.3, 0.4) is 0 Å². The molecular weight excluding hydrogens is 350 g/mol. The highest BCUT2D eigenvalue weighted by molar-refractivity contribution is 7.09. The number of hydrogen-bond acceptors (Lipinski definition) is 6. The monoisotopic (exact) mass is 369 g/mol. The molecule has 0 fully saturated rings. The van der Waals surface area contributed by atoms with Crippen molar-refractivity contribution < 1.29 is 14.6 Å². The molecule has 1 N–H and O–H groups in total. The van der Waals surface area contributed by atoms with Gasteiger partial charge in [-0.3, -0.25) is 4.79 Å². The molecule has 1 aromatic heterocycles. The van der Waals surface area contributed by atoms with Crippen LogP contribution >= 0.6 is 11.5 Å². The van der Waals surface area contributed by atoms with E-state index >= 15 is 0 Å². The second-order valence-electron chi connectivity index (χ2n) is 5.76. The highest BCUT2D eigenvalue weighted by Gasteiger charge is 2.16. The Morgan fingerprint density at radius 3 is 2.65 bits per heavy atom. The third-order valence-electron chi connectivity index (χ3n) is 3.77. The topological polar surface area (TPSA) is 75.5 Å². The summed E-state index contributed by atoms with van der Waals surface area (Å²) in [6.45, 7) is 0.351. The Bertz CT molecular complexity index is 867. The molecule has 1 heterocycles. The van der Waals surface area contributed by atoms with Crippen molar-refractivity contribution in [1.29, 1.82) is 0 Å². The minimum absolute atomic E-state index is 0.122. The summed E-state index contributed by atoms with van der Waals surface area (Å²) in [5.74, 6) is 0.557. The van der Waals surface area contributed by atoms with Crippen molar-refractivity contribution in [3.63, 3.8) is 0 Å². The van der Waals surface area contributed by atoms with Gasteiger partial charge in [0.25, 0.3) is 0 Å². The molecule has 0 amide bonds. The van der Waals surface area contributed by atoms with Crippen molar-refractivity contribution in [2.24, 2.45) is 0 Å². The number of benzene rings is 2. The quantitative estimate of drug-likeness (QED) is 0.657. The van der Waals surface area contributed by atoms with Crippen molar-refractivity contribution in [3.05, 3.63) is 71.5 Å². The Morgan fingerprint density at radius 1 is 1.15 bits per heavy atom. The third-order valence-corrected chi connectivity index (χ3v) is 4.58. The summed E-state index contributed by atoms with van der Waals surface area (Å²) >= 11 is 1.22. The fourth-order valence-electron chi connectivity index (χ4n) is 2.57.